The number of nitrogens with zero attached hydrogens (tertiary/aromatic N) is 5. The Kier molecular flexibility index (Phi) is 4.89. The zero-order valence-electron chi connectivity index (χ0n) is 15.5. The molecule has 1 saturated heterocycles. The number of amides is 1. The predicted molar refractivity (Wildman–Crippen MR) is 110 cm³/mol. The molecule has 0 saturated carbocycles. The quantitative estimate of drug-likeness (QED) is 0.709. The minimum absolute atomic E-state index is 0.0355. The lowest BCUT2D eigenvalue weighted by Crippen LogP contribution is -2.40. The van der Waals surface area contributed by atoms with Gasteiger partial charge in [-0.15, -0.1) is 0 Å². The Morgan fingerprint density at radius 1 is 1.21 bits per heavy atom. The standard InChI is InChI=1S/C21H22N6O/c1-2-18(28)26-12-6-9-16(13-26)27-21-19(20(22)23-14-24-21)17(25-27)11-10-15-7-4-3-5-8-15/h2-5,7-8,10-11,14,16H,1,6,9,12-13H2,(H2,22,23,24)/b11-10+. The van der Waals surface area contributed by atoms with E-state index in [4.69, 9.17) is 10.8 Å². The van der Waals surface area contributed by atoms with Gasteiger partial charge in [0.1, 0.15) is 12.1 Å². The number of piperidine rings is 1. The van der Waals surface area contributed by atoms with Crippen molar-refractivity contribution in [1.29, 1.82) is 0 Å². The second-order valence-corrected chi connectivity index (χ2v) is 6.82. The fraction of sp³-hybridized carbons (Fsp3) is 0.238. The van der Waals surface area contributed by atoms with Crippen molar-refractivity contribution in [1.82, 2.24) is 24.6 Å². The fourth-order valence-electron chi connectivity index (χ4n) is 3.62. The van der Waals surface area contributed by atoms with Crippen molar-refractivity contribution in [3.63, 3.8) is 0 Å². The largest absolute Gasteiger partial charge is 0.383 e. The summed E-state index contributed by atoms with van der Waals surface area (Å²) in [5, 5.41) is 5.53. The van der Waals surface area contributed by atoms with Crippen LogP contribution in [0.5, 0.6) is 0 Å². The van der Waals surface area contributed by atoms with Gasteiger partial charge in [0.15, 0.2) is 5.65 Å². The van der Waals surface area contributed by atoms with Crippen molar-refractivity contribution in [2.24, 2.45) is 0 Å². The predicted octanol–water partition coefficient (Wildman–Crippen LogP) is 2.93. The molecule has 1 unspecified atom stereocenters. The van der Waals surface area contributed by atoms with Crippen molar-refractivity contribution in [3.8, 4) is 0 Å². The van der Waals surface area contributed by atoms with Crippen LogP contribution in [0.3, 0.4) is 0 Å². The second-order valence-electron chi connectivity index (χ2n) is 6.82. The van der Waals surface area contributed by atoms with Gasteiger partial charge < -0.3 is 10.6 Å². The number of hydrogen-bond acceptors (Lipinski definition) is 5. The summed E-state index contributed by atoms with van der Waals surface area (Å²) in [6, 6.07) is 10.0. The second kappa shape index (κ2) is 7.64. The maximum Gasteiger partial charge on any atom is 0.246 e. The van der Waals surface area contributed by atoms with E-state index in [0.717, 1.165) is 36.0 Å². The number of nitrogen functional groups attached to an aromatic ring is 1. The molecule has 1 aliphatic rings. The van der Waals surface area contributed by atoms with Gasteiger partial charge in [0, 0.05) is 13.1 Å². The van der Waals surface area contributed by atoms with Crippen LogP contribution in [0.4, 0.5) is 5.82 Å². The summed E-state index contributed by atoms with van der Waals surface area (Å²) in [4.78, 5) is 22.4. The molecule has 142 valence electrons. The fourth-order valence-corrected chi connectivity index (χ4v) is 3.62. The van der Waals surface area contributed by atoms with Gasteiger partial charge in [-0.05, 0) is 30.6 Å². The number of anilines is 1. The van der Waals surface area contributed by atoms with E-state index in [1.54, 1.807) is 4.90 Å². The maximum atomic E-state index is 12.0. The lowest BCUT2D eigenvalue weighted by molar-refractivity contribution is -0.127. The van der Waals surface area contributed by atoms with E-state index >= 15 is 0 Å². The molecule has 7 nitrogen and oxygen atoms in total. The molecule has 0 aliphatic carbocycles. The molecule has 3 heterocycles. The van der Waals surface area contributed by atoms with E-state index in [2.05, 4.69) is 16.5 Å². The number of carbonyl (C=O) groups excluding carboxylic acids is 1. The lowest BCUT2D eigenvalue weighted by atomic mass is 10.1. The van der Waals surface area contributed by atoms with Gasteiger partial charge in [-0.2, -0.15) is 5.10 Å². The third-order valence-corrected chi connectivity index (χ3v) is 5.01. The number of rotatable bonds is 4. The molecule has 3 aromatic rings. The minimum atomic E-state index is -0.0560. The topological polar surface area (TPSA) is 89.9 Å². The summed E-state index contributed by atoms with van der Waals surface area (Å²) < 4.78 is 1.89. The van der Waals surface area contributed by atoms with E-state index in [1.165, 1.54) is 12.4 Å². The van der Waals surface area contributed by atoms with Crippen molar-refractivity contribution in [2.75, 3.05) is 18.8 Å². The highest BCUT2D eigenvalue weighted by Gasteiger charge is 2.27. The van der Waals surface area contributed by atoms with E-state index in [1.807, 2.05) is 47.2 Å². The first-order valence-electron chi connectivity index (χ1n) is 9.30. The molecular formula is C21H22N6O. The Morgan fingerprint density at radius 3 is 2.82 bits per heavy atom. The lowest BCUT2D eigenvalue weighted by Gasteiger charge is -2.32. The number of carbonyl (C=O) groups is 1. The van der Waals surface area contributed by atoms with Crippen molar-refractivity contribution in [2.45, 2.75) is 18.9 Å². The molecule has 1 fully saturated rings. The maximum absolute atomic E-state index is 12.0. The van der Waals surface area contributed by atoms with Crippen molar-refractivity contribution < 1.29 is 4.79 Å². The minimum Gasteiger partial charge on any atom is -0.383 e. The highest BCUT2D eigenvalue weighted by atomic mass is 16.2. The van der Waals surface area contributed by atoms with Gasteiger partial charge in [0.05, 0.1) is 17.1 Å². The van der Waals surface area contributed by atoms with Crippen LogP contribution < -0.4 is 5.73 Å². The SMILES string of the molecule is C=CC(=O)N1CCCC(n2nc(/C=C/c3ccccc3)c3c(N)ncnc32)C1. The van der Waals surface area contributed by atoms with Crippen molar-refractivity contribution >= 4 is 34.9 Å². The van der Waals surface area contributed by atoms with Crippen molar-refractivity contribution in [3.05, 3.63) is 60.6 Å². The van der Waals surface area contributed by atoms with Gasteiger partial charge in [-0.3, -0.25) is 4.79 Å². The smallest absolute Gasteiger partial charge is 0.246 e. The number of hydrogen-bond donors (Lipinski definition) is 1. The van der Waals surface area contributed by atoms with Gasteiger partial charge in [-0.1, -0.05) is 43.0 Å². The summed E-state index contributed by atoms with van der Waals surface area (Å²) >= 11 is 0. The zero-order valence-corrected chi connectivity index (χ0v) is 15.5. The summed E-state index contributed by atoms with van der Waals surface area (Å²) in [5.74, 6) is 0.346. The zero-order chi connectivity index (χ0) is 19.5. The summed E-state index contributed by atoms with van der Waals surface area (Å²) in [5.41, 5.74) is 8.64. The average molecular weight is 374 g/mol. The average Bonchev–Trinajstić information content (AvgIpc) is 3.12. The van der Waals surface area contributed by atoms with E-state index < -0.39 is 0 Å². The Balaban J connectivity index is 1.73. The number of fused-ring (bicyclic) bond motifs is 1. The highest BCUT2D eigenvalue weighted by Crippen LogP contribution is 2.29. The van der Waals surface area contributed by atoms with Crippen LogP contribution >= 0.6 is 0 Å². The molecule has 1 aromatic carbocycles. The number of likely N-dealkylation sites (tertiary alicyclic amines) is 1. The molecule has 2 aromatic heterocycles. The Morgan fingerprint density at radius 2 is 2.04 bits per heavy atom. The molecular weight excluding hydrogens is 352 g/mol. The van der Waals surface area contributed by atoms with Gasteiger partial charge in [-0.25, -0.2) is 14.6 Å². The first kappa shape index (κ1) is 17.9. The molecule has 28 heavy (non-hydrogen) atoms. The third-order valence-electron chi connectivity index (χ3n) is 5.01. The Bertz CT molecular complexity index is 1040. The van der Waals surface area contributed by atoms with E-state index in [0.29, 0.717) is 18.0 Å². The van der Waals surface area contributed by atoms with Gasteiger partial charge >= 0.3 is 0 Å². The molecule has 0 radical (unpaired) electrons. The number of nitrogens with two attached hydrogens (primary N) is 1. The molecule has 7 heteroatoms. The first-order valence-corrected chi connectivity index (χ1v) is 9.30. The van der Waals surface area contributed by atoms with Crippen LogP contribution in [0, 0.1) is 0 Å². The molecule has 2 N–H and O–H groups in total. The van der Waals surface area contributed by atoms with Gasteiger partial charge in [0.2, 0.25) is 5.91 Å². The molecule has 1 aliphatic heterocycles. The van der Waals surface area contributed by atoms with Crippen LogP contribution in [0.2, 0.25) is 0 Å². The molecule has 4 rings (SSSR count). The molecule has 1 atom stereocenters. The number of benzene rings is 1. The summed E-state index contributed by atoms with van der Waals surface area (Å²) in [6.07, 6.45) is 8.56. The van der Waals surface area contributed by atoms with E-state index in [-0.39, 0.29) is 11.9 Å². The van der Waals surface area contributed by atoms with Gasteiger partial charge in [0.25, 0.3) is 0 Å². The molecule has 1 amide bonds. The molecule has 0 bridgehead atoms. The van der Waals surface area contributed by atoms with Crippen LogP contribution in [0.15, 0.2) is 49.3 Å². The van der Waals surface area contributed by atoms with E-state index in [9.17, 15) is 4.79 Å². The van der Waals surface area contributed by atoms with Crippen LogP contribution in [-0.4, -0.2) is 43.6 Å². The molecule has 0 spiro atoms. The Labute approximate surface area is 163 Å². The highest BCUT2D eigenvalue weighted by molar-refractivity contribution is 5.94. The number of aromatic nitrogens is 4. The van der Waals surface area contributed by atoms with Crippen LogP contribution in [0.1, 0.15) is 30.1 Å². The normalized spacial score (nSPS) is 17.3. The first-order chi connectivity index (χ1) is 13.7. The monoisotopic (exact) mass is 374 g/mol. The summed E-state index contributed by atoms with van der Waals surface area (Å²) in [6.45, 7) is 4.90. The summed E-state index contributed by atoms with van der Waals surface area (Å²) in [7, 11) is 0. The van der Waals surface area contributed by atoms with Crippen LogP contribution in [-0.2, 0) is 4.79 Å². The third kappa shape index (κ3) is 3.38. The van der Waals surface area contributed by atoms with Crippen LogP contribution in [0.25, 0.3) is 23.2 Å². The Hall–Kier alpha value is -3.48.